The van der Waals surface area contributed by atoms with Crippen LogP contribution < -0.4 is 5.32 Å². The molecule has 112 valence electrons. The molecule has 0 saturated carbocycles. The van der Waals surface area contributed by atoms with Crippen molar-refractivity contribution in [3.63, 3.8) is 0 Å². The summed E-state index contributed by atoms with van der Waals surface area (Å²) in [6, 6.07) is 5.85. The highest BCUT2D eigenvalue weighted by molar-refractivity contribution is 7.09. The van der Waals surface area contributed by atoms with Crippen LogP contribution in [-0.2, 0) is 6.54 Å². The number of rotatable bonds is 5. The molecule has 0 bridgehead atoms. The summed E-state index contributed by atoms with van der Waals surface area (Å²) in [5.74, 6) is 0.0289. The van der Waals surface area contributed by atoms with E-state index in [4.69, 9.17) is 0 Å². The van der Waals surface area contributed by atoms with Crippen LogP contribution in [0.25, 0.3) is 0 Å². The van der Waals surface area contributed by atoms with Crippen molar-refractivity contribution in [2.75, 3.05) is 18.9 Å². The van der Waals surface area contributed by atoms with E-state index in [2.05, 4.69) is 17.2 Å². The summed E-state index contributed by atoms with van der Waals surface area (Å²) < 4.78 is 0. The zero-order valence-corrected chi connectivity index (χ0v) is 13.8. The third-order valence-corrected chi connectivity index (χ3v) is 4.07. The van der Waals surface area contributed by atoms with E-state index in [1.165, 1.54) is 0 Å². The van der Waals surface area contributed by atoms with E-state index in [9.17, 15) is 4.79 Å². The minimum atomic E-state index is 0.0289. The van der Waals surface area contributed by atoms with Crippen LogP contribution in [0.5, 0.6) is 0 Å². The number of aryl methyl sites for hydroxylation is 2. The smallest absolute Gasteiger partial charge is 0.254 e. The third kappa shape index (κ3) is 3.82. The molecule has 0 saturated heterocycles. The van der Waals surface area contributed by atoms with Crippen molar-refractivity contribution in [2.24, 2.45) is 0 Å². The van der Waals surface area contributed by atoms with Gasteiger partial charge in [0.2, 0.25) is 0 Å². The van der Waals surface area contributed by atoms with Gasteiger partial charge in [-0.3, -0.25) is 4.79 Å². The summed E-state index contributed by atoms with van der Waals surface area (Å²) in [5, 5.41) is 6.28. The van der Waals surface area contributed by atoms with Crippen molar-refractivity contribution >= 4 is 22.9 Å². The van der Waals surface area contributed by atoms with E-state index in [0.29, 0.717) is 6.54 Å². The number of anilines is 1. The molecule has 0 unspecified atom stereocenters. The van der Waals surface area contributed by atoms with E-state index in [0.717, 1.165) is 34.1 Å². The number of hydrogen-bond donors (Lipinski definition) is 1. The van der Waals surface area contributed by atoms with Crippen molar-refractivity contribution in [3.8, 4) is 0 Å². The molecule has 0 aliphatic carbocycles. The van der Waals surface area contributed by atoms with Gasteiger partial charge in [0.1, 0.15) is 0 Å². The molecule has 1 amide bonds. The van der Waals surface area contributed by atoms with Crippen LogP contribution in [0.1, 0.15) is 33.5 Å². The van der Waals surface area contributed by atoms with Gasteiger partial charge in [-0.1, -0.05) is 0 Å². The van der Waals surface area contributed by atoms with E-state index < -0.39 is 0 Å². The lowest BCUT2D eigenvalue weighted by atomic mass is 10.1. The highest BCUT2D eigenvalue weighted by Crippen LogP contribution is 2.18. The lowest BCUT2D eigenvalue weighted by Crippen LogP contribution is -2.27. The monoisotopic (exact) mass is 303 g/mol. The number of nitrogens with one attached hydrogen (secondary N) is 1. The summed E-state index contributed by atoms with van der Waals surface area (Å²) in [7, 11) is 1.81. The average Bonchev–Trinajstić information content (AvgIpc) is 2.84. The second-order valence-electron chi connectivity index (χ2n) is 5.08. The SMILES string of the molecule is CCNc1ccc(C(=O)N(C)Cc2csc(C)n2)c(C)c1. The van der Waals surface area contributed by atoms with Crippen LogP contribution in [-0.4, -0.2) is 29.4 Å². The predicted octanol–water partition coefficient (Wildman–Crippen LogP) is 3.46. The van der Waals surface area contributed by atoms with Crippen LogP contribution >= 0.6 is 11.3 Å². The van der Waals surface area contributed by atoms with Gasteiger partial charge >= 0.3 is 0 Å². The Hall–Kier alpha value is -1.88. The molecule has 21 heavy (non-hydrogen) atoms. The fraction of sp³-hybridized carbons (Fsp3) is 0.375. The maximum Gasteiger partial charge on any atom is 0.254 e. The van der Waals surface area contributed by atoms with Gasteiger partial charge in [-0.25, -0.2) is 4.98 Å². The van der Waals surface area contributed by atoms with Gasteiger partial charge in [-0.15, -0.1) is 11.3 Å². The normalized spacial score (nSPS) is 10.5. The summed E-state index contributed by atoms with van der Waals surface area (Å²) >= 11 is 1.61. The standard InChI is InChI=1S/C16H21N3OS/c1-5-17-13-6-7-15(11(2)8-13)16(20)19(4)9-14-10-21-12(3)18-14/h6-8,10,17H,5,9H2,1-4H3. The largest absolute Gasteiger partial charge is 0.385 e. The maximum absolute atomic E-state index is 12.5. The summed E-state index contributed by atoms with van der Waals surface area (Å²) in [6.07, 6.45) is 0. The minimum Gasteiger partial charge on any atom is -0.385 e. The van der Waals surface area contributed by atoms with Crippen LogP contribution in [0.4, 0.5) is 5.69 Å². The zero-order valence-electron chi connectivity index (χ0n) is 12.9. The molecule has 0 aliphatic heterocycles. The Morgan fingerprint density at radius 3 is 2.71 bits per heavy atom. The number of carbonyl (C=O) groups is 1. The van der Waals surface area contributed by atoms with Crippen LogP contribution in [0, 0.1) is 13.8 Å². The van der Waals surface area contributed by atoms with Gasteiger partial charge in [0.05, 0.1) is 17.2 Å². The topological polar surface area (TPSA) is 45.2 Å². The molecule has 1 aromatic carbocycles. The molecule has 2 rings (SSSR count). The Labute approximate surface area is 129 Å². The summed E-state index contributed by atoms with van der Waals surface area (Å²) in [4.78, 5) is 18.6. The van der Waals surface area contributed by atoms with Gasteiger partial charge in [0.25, 0.3) is 5.91 Å². The molecule has 5 heteroatoms. The number of benzene rings is 1. The zero-order chi connectivity index (χ0) is 15.4. The second-order valence-corrected chi connectivity index (χ2v) is 6.14. The molecule has 1 N–H and O–H groups in total. The number of hydrogen-bond acceptors (Lipinski definition) is 4. The molecule has 0 aliphatic rings. The highest BCUT2D eigenvalue weighted by atomic mass is 32.1. The van der Waals surface area contributed by atoms with Gasteiger partial charge in [0, 0.05) is 30.2 Å². The molecule has 0 fully saturated rings. The maximum atomic E-state index is 12.5. The Bertz CT molecular complexity index is 636. The quantitative estimate of drug-likeness (QED) is 0.920. The first-order valence-electron chi connectivity index (χ1n) is 7.02. The first kappa shape index (κ1) is 15.5. The van der Waals surface area contributed by atoms with Gasteiger partial charge in [-0.05, 0) is 44.5 Å². The Morgan fingerprint density at radius 2 is 2.14 bits per heavy atom. The Morgan fingerprint density at radius 1 is 1.38 bits per heavy atom. The van der Waals surface area contributed by atoms with Crippen molar-refractivity contribution < 1.29 is 4.79 Å². The predicted molar refractivity (Wildman–Crippen MR) is 88.0 cm³/mol. The molecule has 0 atom stereocenters. The number of carbonyl (C=O) groups excluding carboxylic acids is 1. The molecular formula is C16H21N3OS. The Balaban J connectivity index is 2.11. The minimum absolute atomic E-state index is 0.0289. The lowest BCUT2D eigenvalue weighted by molar-refractivity contribution is 0.0783. The lowest BCUT2D eigenvalue weighted by Gasteiger charge is -2.18. The van der Waals surface area contributed by atoms with Crippen molar-refractivity contribution in [2.45, 2.75) is 27.3 Å². The van der Waals surface area contributed by atoms with Gasteiger partial charge in [-0.2, -0.15) is 0 Å². The van der Waals surface area contributed by atoms with E-state index in [-0.39, 0.29) is 5.91 Å². The highest BCUT2D eigenvalue weighted by Gasteiger charge is 2.15. The summed E-state index contributed by atoms with van der Waals surface area (Å²) in [5.41, 5.74) is 3.71. The molecule has 4 nitrogen and oxygen atoms in total. The third-order valence-electron chi connectivity index (χ3n) is 3.25. The van der Waals surface area contributed by atoms with E-state index in [1.54, 1.807) is 16.2 Å². The van der Waals surface area contributed by atoms with Crippen molar-refractivity contribution in [1.29, 1.82) is 0 Å². The molecule has 1 heterocycles. The number of thiazole rings is 1. The fourth-order valence-corrected chi connectivity index (χ4v) is 2.82. The molecular weight excluding hydrogens is 282 g/mol. The van der Waals surface area contributed by atoms with E-state index >= 15 is 0 Å². The molecule has 0 radical (unpaired) electrons. The van der Waals surface area contributed by atoms with Gasteiger partial charge in [0.15, 0.2) is 0 Å². The first-order valence-corrected chi connectivity index (χ1v) is 7.90. The van der Waals surface area contributed by atoms with E-state index in [1.807, 2.05) is 44.5 Å². The molecule has 1 aromatic heterocycles. The van der Waals surface area contributed by atoms with Crippen LogP contribution in [0.2, 0.25) is 0 Å². The fourth-order valence-electron chi connectivity index (χ4n) is 2.22. The van der Waals surface area contributed by atoms with Crippen LogP contribution in [0.3, 0.4) is 0 Å². The number of amides is 1. The molecule has 2 aromatic rings. The Kier molecular flexibility index (Phi) is 4.96. The summed E-state index contributed by atoms with van der Waals surface area (Å²) in [6.45, 7) is 7.40. The number of aromatic nitrogens is 1. The average molecular weight is 303 g/mol. The van der Waals surface area contributed by atoms with Crippen molar-refractivity contribution in [1.82, 2.24) is 9.88 Å². The van der Waals surface area contributed by atoms with Crippen molar-refractivity contribution in [3.05, 3.63) is 45.4 Å². The number of nitrogens with zero attached hydrogens (tertiary/aromatic N) is 2. The molecule has 0 spiro atoms. The first-order chi connectivity index (χ1) is 10.0. The van der Waals surface area contributed by atoms with Gasteiger partial charge < -0.3 is 10.2 Å². The van der Waals surface area contributed by atoms with Crippen LogP contribution in [0.15, 0.2) is 23.6 Å². The second kappa shape index (κ2) is 6.72.